The molecular weight excluding hydrogens is 357 g/mol. The maximum absolute atomic E-state index is 13.1. The number of halogens is 3. The largest absolute Gasteiger partial charge is 0.496 e. The second kappa shape index (κ2) is 7.60. The van der Waals surface area contributed by atoms with Gasteiger partial charge in [-0.2, -0.15) is 13.2 Å². The van der Waals surface area contributed by atoms with Crippen LogP contribution >= 0.6 is 0 Å². The number of likely N-dealkylation sites (N-methyl/N-ethyl adjacent to an activating group) is 1. The van der Waals surface area contributed by atoms with Crippen LogP contribution in [-0.4, -0.2) is 31.0 Å². The van der Waals surface area contributed by atoms with Crippen LogP contribution in [0.1, 0.15) is 34.0 Å². The van der Waals surface area contributed by atoms with Crippen LogP contribution < -0.4 is 10.1 Å². The van der Waals surface area contributed by atoms with Crippen LogP contribution in [0.5, 0.6) is 5.75 Å². The molecule has 1 aliphatic rings. The molecule has 0 atom stereocenters. The van der Waals surface area contributed by atoms with Gasteiger partial charge in [-0.05, 0) is 54.4 Å². The number of hydrogen-bond acceptors (Lipinski definition) is 3. The molecule has 2 aromatic rings. The first-order chi connectivity index (χ1) is 12.8. The fourth-order valence-electron chi connectivity index (χ4n) is 3.24. The molecule has 0 aromatic heterocycles. The fraction of sp³-hybridized carbons (Fsp3) is 0.350. The fourth-order valence-corrected chi connectivity index (χ4v) is 3.24. The molecule has 144 valence electrons. The van der Waals surface area contributed by atoms with E-state index >= 15 is 0 Å². The average molecular weight is 378 g/mol. The second-order valence-electron chi connectivity index (χ2n) is 6.47. The van der Waals surface area contributed by atoms with Crippen LogP contribution in [0, 0.1) is 0 Å². The lowest BCUT2D eigenvalue weighted by Crippen LogP contribution is -2.30. The maximum atomic E-state index is 13.1. The van der Waals surface area contributed by atoms with Gasteiger partial charge in [-0.25, -0.2) is 0 Å². The first-order valence-electron chi connectivity index (χ1n) is 8.72. The molecule has 0 bridgehead atoms. The van der Waals surface area contributed by atoms with Crippen molar-refractivity contribution in [2.75, 3.05) is 25.5 Å². The van der Waals surface area contributed by atoms with Crippen molar-refractivity contribution in [1.82, 2.24) is 4.90 Å². The summed E-state index contributed by atoms with van der Waals surface area (Å²) in [5.41, 5.74) is 1.90. The summed E-state index contributed by atoms with van der Waals surface area (Å²) in [6, 6.07) is 8.93. The second-order valence-corrected chi connectivity index (χ2v) is 6.47. The molecule has 0 unspecified atom stereocenters. The van der Waals surface area contributed by atoms with Crippen molar-refractivity contribution >= 4 is 11.6 Å². The van der Waals surface area contributed by atoms with Crippen LogP contribution in [0.4, 0.5) is 18.9 Å². The summed E-state index contributed by atoms with van der Waals surface area (Å²) >= 11 is 0. The Balaban J connectivity index is 1.82. The van der Waals surface area contributed by atoms with Gasteiger partial charge in [-0.1, -0.05) is 13.0 Å². The Morgan fingerprint density at radius 3 is 2.63 bits per heavy atom. The number of carbonyl (C=O) groups is 1. The number of alkyl halides is 3. The molecule has 3 rings (SSSR count). The van der Waals surface area contributed by atoms with Crippen molar-refractivity contribution in [3.05, 3.63) is 58.7 Å². The van der Waals surface area contributed by atoms with Gasteiger partial charge < -0.3 is 10.1 Å². The smallest absolute Gasteiger partial charge is 0.419 e. The van der Waals surface area contributed by atoms with Crippen LogP contribution in [0.2, 0.25) is 0 Å². The predicted octanol–water partition coefficient (Wildman–Crippen LogP) is 4.34. The standard InChI is InChI=1S/C20H21F3N2O2/c1-3-25-9-8-13-4-6-16(10-15(13)12-25)24-19(26)14-5-7-18(27-2)17(11-14)20(21,22)23/h4-7,10-11H,3,8-9,12H2,1-2H3,(H,24,26). The Hall–Kier alpha value is -2.54. The highest BCUT2D eigenvalue weighted by Crippen LogP contribution is 2.36. The van der Waals surface area contributed by atoms with E-state index in [-0.39, 0.29) is 11.3 Å². The summed E-state index contributed by atoms with van der Waals surface area (Å²) in [5, 5.41) is 2.69. The highest BCUT2D eigenvalue weighted by Gasteiger charge is 2.35. The normalized spacial score (nSPS) is 14.6. The summed E-state index contributed by atoms with van der Waals surface area (Å²) in [6.07, 6.45) is -3.65. The molecule has 0 spiro atoms. The molecule has 1 amide bonds. The van der Waals surface area contributed by atoms with Crippen LogP contribution in [0.3, 0.4) is 0 Å². The van der Waals surface area contributed by atoms with Crippen molar-refractivity contribution in [3.63, 3.8) is 0 Å². The Bertz CT molecular complexity index is 850. The number of rotatable bonds is 4. The van der Waals surface area contributed by atoms with Gasteiger partial charge in [0.1, 0.15) is 5.75 Å². The van der Waals surface area contributed by atoms with Gasteiger partial charge in [0.25, 0.3) is 5.91 Å². The number of hydrogen-bond donors (Lipinski definition) is 1. The van der Waals surface area contributed by atoms with Crippen molar-refractivity contribution in [1.29, 1.82) is 0 Å². The van der Waals surface area contributed by atoms with Gasteiger partial charge in [-0.3, -0.25) is 9.69 Å². The Kier molecular flexibility index (Phi) is 5.41. The molecule has 0 saturated heterocycles. The van der Waals surface area contributed by atoms with E-state index in [0.717, 1.165) is 50.9 Å². The quantitative estimate of drug-likeness (QED) is 0.860. The first-order valence-corrected chi connectivity index (χ1v) is 8.72. The number of ether oxygens (including phenoxy) is 1. The summed E-state index contributed by atoms with van der Waals surface area (Å²) in [6.45, 7) is 4.85. The van der Waals surface area contributed by atoms with Gasteiger partial charge in [0.05, 0.1) is 12.7 Å². The molecule has 27 heavy (non-hydrogen) atoms. The van der Waals surface area contributed by atoms with E-state index in [1.54, 1.807) is 6.07 Å². The summed E-state index contributed by atoms with van der Waals surface area (Å²) in [7, 11) is 1.16. The van der Waals surface area contributed by atoms with Gasteiger partial charge in [-0.15, -0.1) is 0 Å². The third-order valence-corrected chi connectivity index (χ3v) is 4.77. The van der Waals surface area contributed by atoms with E-state index in [0.29, 0.717) is 5.69 Å². The minimum Gasteiger partial charge on any atom is -0.496 e. The van der Waals surface area contributed by atoms with E-state index in [1.165, 1.54) is 11.6 Å². The minimum atomic E-state index is -4.60. The van der Waals surface area contributed by atoms with E-state index in [1.807, 2.05) is 12.1 Å². The van der Waals surface area contributed by atoms with E-state index in [9.17, 15) is 18.0 Å². The number of fused-ring (bicyclic) bond motifs is 1. The van der Waals surface area contributed by atoms with Crippen LogP contribution in [0.15, 0.2) is 36.4 Å². The molecule has 1 N–H and O–H groups in total. The Labute approximate surface area is 155 Å². The molecule has 0 aliphatic carbocycles. The van der Waals surface area contributed by atoms with Crippen LogP contribution in [-0.2, 0) is 19.1 Å². The van der Waals surface area contributed by atoms with Crippen molar-refractivity contribution in [2.45, 2.75) is 26.1 Å². The van der Waals surface area contributed by atoms with Gasteiger partial charge >= 0.3 is 6.18 Å². The van der Waals surface area contributed by atoms with E-state index < -0.39 is 17.6 Å². The SMILES string of the molecule is CCN1CCc2ccc(NC(=O)c3ccc(OC)c(C(F)(F)F)c3)cc2C1. The zero-order chi connectivity index (χ0) is 19.6. The first kappa shape index (κ1) is 19.2. The Morgan fingerprint density at radius 2 is 1.96 bits per heavy atom. The lowest BCUT2D eigenvalue weighted by Gasteiger charge is -2.27. The lowest BCUT2D eigenvalue weighted by molar-refractivity contribution is -0.138. The van der Waals surface area contributed by atoms with Gasteiger partial charge in [0.15, 0.2) is 0 Å². The molecular formula is C20H21F3N2O2. The summed E-state index contributed by atoms with van der Waals surface area (Å²) in [4.78, 5) is 14.8. The molecule has 0 fully saturated rings. The highest BCUT2D eigenvalue weighted by atomic mass is 19.4. The van der Waals surface area contributed by atoms with Crippen molar-refractivity contribution in [2.24, 2.45) is 0 Å². The topological polar surface area (TPSA) is 41.6 Å². The predicted molar refractivity (Wildman–Crippen MR) is 97.0 cm³/mol. The number of benzene rings is 2. The lowest BCUT2D eigenvalue weighted by atomic mass is 9.99. The molecule has 0 saturated carbocycles. The third kappa shape index (κ3) is 4.24. The Morgan fingerprint density at radius 1 is 1.19 bits per heavy atom. The number of nitrogens with zero attached hydrogens (tertiary/aromatic N) is 1. The highest BCUT2D eigenvalue weighted by molar-refractivity contribution is 6.04. The zero-order valence-electron chi connectivity index (χ0n) is 15.2. The molecule has 4 nitrogen and oxygen atoms in total. The molecule has 1 aliphatic heterocycles. The molecule has 7 heteroatoms. The van der Waals surface area contributed by atoms with E-state index in [2.05, 4.69) is 17.1 Å². The summed E-state index contributed by atoms with van der Waals surface area (Å²) in [5.74, 6) is -0.904. The molecule has 2 aromatic carbocycles. The number of amides is 1. The number of anilines is 1. The molecule has 1 heterocycles. The monoisotopic (exact) mass is 378 g/mol. The third-order valence-electron chi connectivity index (χ3n) is 4.77. The number of methoxy groups -OCH3 is 1. The molecule has 0 radical (unpaired) electrons. The maximum Gasteiger partial charge on any atom is 0.419 e. The zero-order valence-corrected chi connectivity index (χ0v) is 15.2. The number of nitrogens with one attached hydrogen (secondary N) is 1. The van der Waals surface area contributed by atoms with Gasteiger partial charge in [0.2, 0.25) is 0 Å². The van der Waals surface area contributed by atoms with Crippen molar-refractivity contribution < 1.29 is 22.7 Å². The van der Waals surface area contributed by atoms with Crippen LogP contribution in [0.25, 0.3) is 0 Å². The average Bonchev–Trinajstić information content (AvgIpc) is 2.66. The summed E-state index contributed by atoms with van der Waals surface area (Å²) < 4.78 is 44.2. The van der Waals surface area contributed by atoms with E-state index in [4.69, 9.17) is 4.74 Å². The van der Waals surface area contributed by atoms with Crippen molar-refractivity contribution in [3.8, 4) is 5.75 Å². The number of carbonyl (C=O) groups excluding carboxylic acids is 1. The minimum absolute atomic E-state index is 0.0731. The van der Waals surface area contributed by atoms with Gasteiger partial charge in [0, 0.05) is 24.3 Å².